The van der Waals surface area contributed by atoms with Gasteiger partial charge in [-0.25, -0.2) is 4.79 Å². The molecule has 0 saturated carbocycles. The first-order chi connectivity index (χ1) is 13.4. The second kappa shape index (κ2) is 8.24. The lowest BCUT2D eigenvalue weighted by Gasteiger charge is -2.15. The first kappa shape index (κ1) is 19.6. The van der Waals surface area contributed by atoms with E-state index in [-0.39, 0.29) is 14.8 Å². The number of nitrogens with one attached hydrogen (secondary N) is 1. The molecule has 2 amide bonds. The fraction of sp³-hybridized carbons (Fsp3) is 0.0526. The van der Waals surface area contributed by atoms with Crippen molar-refractivity contribution in [3.05, 3.63) is 70.1 Å². The summed E-state index contributed by atoms with van der Waals surface area (Å²) in [5, 5.41) is 10.2. The number of hydrazine groups is 1. The molecule has 0 aliphatic carbocycles. The van der Waals surface area contributed by atoms with Crippen LogP contribution >= 0.6 is 24.0 Å². The summed E-state index contributed by atoms with van der Waals surface area (Å²) < 4.78 is 5.22. The fourth-order valence-corrected chi connectivity index (χ4v) is 3.62. The molecule has 2 N–H and O–H groups in total. The molecule has 1 fully saturated rings. The van der Waals surface area contributed by atoms with Gasteiger partial charge in [0.1, 0.15) is 5.75 Å². The van der Waals surface area contributed by atoms with E-state index >= 15 is 0 Å². The van der Waals surface area contributed by atoms with Gasteiger partial charge in [0.15, 0.2) is 4.32 Å². The van der Waals surface area contributed by atoms with Crippen molar-refractivity contribution in [3.63, 3.8) is 0 Å². The highest BCUT2D eigenvalue weighted by Crippen LogP contribution is 2.32. The van der Waals surface area contributed by atoms with Crippen molar-refractivity contribution in [2.45, 2.75) is 0 Å². The number of hydrogen-bond donors (Lipinski definition) is 2. The molecule has 2 aromatic carbocycles. The molecule has 2 aromatic rings. The van der Waals surface area contributed by atoms with E-state index in [1.54, 1.807) is 36.4 Å². The number of carboxylic acid groups (broad SMARTS) is 1. The summed E-state index contributed by atoms with van der Waals surface area (Å²) in [5.41, 5.74) is 3.20. The van der Waals surface area contributed by atoms with E-state index in [1.165, 1.54) is 25.3 Å². The van der Waals surface area contributed by atoms with Crippen LogP contribution in [0.2, 0.25) is 0 Å². The molecule has 0 spiro atoms. The zero-order valence-corrected chi connectivity index (χ0v) is 16.2. The van der Waals surface area contributed by atoms with Gasteiger partial charge in [0, 0.05) is 5.56 Å². The SMILES string of the molecule is COc1cccc(C(=O)NN2C(=O)/C(=C\c3ccccc3C(=O)O)SC2=S)c1. The quantitative estimate of drug-likeness (QED) is 0.574. The molecule has 0 atom stereocenters. The van der Waals surface area contributed by atoms with Gasteiger partial charge in [-0.1, -0.05) is 36.0 Å². The highest BCUT2D eigenvalue weighted by molar-refractivity contribution is 8.26. The Balaban J connectivity index is 1.82. The first-order valence-corrected chi connectivity index (χ1v) is 9.18. The summed E-state index contributed by atoms with van der Waals surface area (Å²) in [7, 11) is 1.48. The van der Waals surface area contributed by atoms with Crippen molar-refractivity contribution in [1.29, 1.82) is 0 Å². The van der Waals surface area contributed by atoms with E-state index in [2.05, 4.69) is 5.43 Å². The predicted molar refractivity (Wildman–Crippen MR) is 109 cm³/mol. The molecule has 1 saturated heterocycles. The van der Waals surface area contributed by atoms with Gasteiger partial charge in [-0.05, 0) is 48.1 Å². The summed E-state index contributed by atoms with van der Waals surface area (Å²) >= 11 is 6.16. The molecular weight excluding hydrogens is 400 g/mol. The van der Waals surface area contributed by atoms with E-state index < -0.39 is 17.8 Å². The number of carbonyl (C=O) groups is 3. The van der Waals surface area contributed by atoms with Crippen LogP contribution in [0.3, 0.4) is 0 Å². The largest absolute Gasteiger partial charge is 0.497 e. The molecule has 1 heterocycles. The summed E-state index contributed by atoms with van der Waals surface area (Å²) in [6.45, 7) is 0. The number of ether oxygens (including phenoxy) is 1. The average Bonchev–Trinajstić information content (AvgIpc) is 2.95. The predicted octanol–water partition coefficient (Wildman–Crippen LogP) is 2.94. The lowest BCUT2D eigenvalue weighted by Crippen LogP contribution is -2.44. The third kappa shape index (κ3) is 4.05. The summed E-state index contributed by atoms with van der Waals surface area (Å²) in [6, 6.07) is 12.8. The highest BCUT2D eigenvalue weighted by atomic mass is 32.2. The zero-order valence-electron chi connectivity index (χ0n) is 14.5. The molecule has 9 heteroatoms. The van der Waals surface area contributed by atoms with Crippen molar-refractivity contribution in [2.24, 2.45) is 0 Å². The van der Waals surface area contributed by atoms with Crippen LogP contribution in [0.25, 0.3) is 6.08 Å². The van der Waals surface area contributed by atoms with Crippen LogP contribution in [0, 0.1) is 0 Å². The van der Waals surface area contributed by atoms with Crippen LogP contribution in [0.4, 0.5) is 0 Å². The topological polar surface area (TPSA) is 95.9 Å². The number of benzene rings is 2. The zero-order chi connectivity index (χ0) is 20.3. The van der Waals surface area contributed by atoms with Gasteiger partial charge in [-0.2, -0.15) is 5.01 Å². The molecule has 3 rings (SSSR count). The molecule has 1 aliphatic rings. The second-order valence-corrected chi connectivity index (χ2v) is 7.26. The summed E-state index contributed by atoms with van der Waals surface area (Å²) in [6.07, 6.45) is 1.44. The highest BCUT2D eigenvalue weighted by Gasteiger charge is 2.34. The van der Waals surface area contributed by atoms with E-state index in [0.717, 1.165) is 16.8 Å². The standard InChI is InChI=1S/C19H14N2O5S2/c1-26-13-7-4-6-12(9-13)16(22)20-21-17(23)15(28-19(21)27)10-11-5-2-3-8-14(11)18(24)25/h2-10H,1H3,(H,20,22)(H,24,25)/b15-10+. The number of thioether (sulfide) groups is 1. The summed E-state index contributed by atoms with van der Waals surface area (Å²) in [5.74, 6) is -1.66. The molecule has 142 valence electrons. The van der Waals surface area contributed by atoms with Crippen LogP contribution < -0.4 is 10.2 Å². The molecular formula is C19H14N2O5S2. The number of carbonyl (C=O) groups excluding carboxylic acids is 2. The normalized spacial score (nSPS) is 15.0. The van der Waals surface area contributed by atoms with Gasteiger partial charge in [0.2, 0.25) is 0 Å². The van der Waals surface area contributed by atoms with Gasteiger partial charge in [0.25, 0.3) is 11.8 Å². The monoisotopic (exact) mass is 414 g/mol. The fourth-order valence-electron chi connectivity index (χ4n) is 2.45. The van der Waals surface area contributed by atoms with Crippen molar-refractivity contribution in [1.82, 2.24) is 10.4 Å². The molecule has 28 heavy (non-hydrogen) atoms. The van der Waals surface area contributed by atoms with Crippen molar-refractivity contribution in [2.75, 3.05) is 7.11 Å². The van der Waals surface area contributed by atoms with Crippen LogP contribution in [-0.4, -0.2) is 39.3 Å². The number of aromatic carboxylic acids is 1. The Morgan fingerprint density at radius 2 is 1.96 bits per heavy atom. The van der Waals surface area contributed by atoms with Crippen LogP contribution in [0.15, 0.2) is 53.4 Å². The van der Waals surface area contributed by atoms with Gasteiger partial charge < -0.3 is 9.84 Å². The number of nitrogens with zero attached hydrogens (tertiary/aromatic N) is 1. The Kier molecular flexibility index (Phi) is 5.76. The van der Waals surface area contributed by atoms with Crippen molar-refractivity contribution < 1.29 is 24.2 Å². The number of methoxy groups -OCH3 is 1. The molecule has 0 radical (unpaired) electrons. The van der Waals surface area contributed by atoms with Crippen LogP contribution in [0.5, 0.6) is 5.75 Å². The van der Waals surface area contributed by atoms with Crippen LogP contribution in [0.1, 0.15) is 26.3 Å². The smallest absolute Gasteiger partial charge is 0.336 e. The Morgan fingerprint density at radius 3 is 2.68 bits per heavy atom. The third-order valence-electron chi connectivity index (χ3n) is 3.82. The lowest BCUT2D eigenvalue weighted by molar-refractivity contribution is -0.123. The average molecular weight is 414 g/mol. The van der Waals surface area contributed by atoms with Crippen molar-refractivity contribution >= 4 is 52.2 Å². The number of carboxylic acids is 1. The lowest BCUT2D eigenvalue weighted by atomic mass is 10.1. The minimum absolute atomic E-state index is 0.0631. The van der Waals surface area contributed by atoms with Crippen molar-refractivity contribution in [3.8, 4) is 5.75 Å². The molecule has 0 bridgehead atoms. The van der Waals surface area contributed by atoms with E-state index in [1.807, 2.05) is 0 Å². The number of amides is 2. The van der Waals surface area contributed by atoms with Gasteiger partial charge in [0.05, 0.1) is 17.6 Å². The van der Waals surface area contributed by atoms with Crippen LogP contribution in [-0.2, 0) is 4.79 Å². The number of thiocarbonyl (C=S) groups is 1. The second-order valence-electron chi connectivity index (χ2n) is 5.58. The molecule has 0 aromatic heterocycles. The number of rotatable bonds is 5. The van der Waals surface area contributed by atoms with Gasteiger partial charge in [-0.3, -0.25) is 15.0 Å². The first-order valence-electron chi connectivity index (χ1n) is 7.96. The Morgan fingerprint density at radius 1 is 1.21 bits per heavy atom. The van der Waals surface area contributed by atoms with Gasteiger partial charge >= 0.3 is 5.97 Å². The maximum Gasteiger partial charge on any atom is 0.336 e. The third-order valence-corrected chi connectivity index (χ3v) is 5.12. The summed E-state index contributed by atoms with van der Waals surface area (Å²) in [4.78, 5) is 36.6. The molecule has 1 aliphatic heterocycles. The maximum atomic E-state index is 12.7. The maximum absolute atomic E-state index is 12.7. The van der Waals surface area contributed by atoms with Gasteiger partial charge in [-0.15, -0.1) is 0 Å². The Labute approximate surface area is 170 Å². The Hall–Kier alpha value is -3.17. The molecule has 7 nitrogen and oxygen atoms in total. The molecule has 0 unspecified atom stereocenters. The number of hydrogen-bond acceptors (Lipinski definition) is 6. The Bertz CT molecular complexity index is 1020. The van der Waals surface area contributed by atoms with E-state index in [4.69, 9.17) is 17.0 Å². The minimum atomic E-state index is -1.10. The minimum Gasteiger partial charge on any atom is -0.497 e. The van der Waals surface area contributed by atoms with E-state index in [9.17, 15) is 19.5 Å². The van der Waals surface area contributed by atoms with E-state index in [0.29, 0.717) is 16.9 Å².